The van der Waals surface area contributed by atoms with Crippen LogP contribution < -0.4 is 10.2 Å². The first-order valence-corrected chi connectivity index (χ1v) is 10.3. The number of pyridine rings is 3. The molecule has 0 unspecified atom stereocenters. The Kier molecular flexibility index (Phi) is 6.94. The van der Waals surface area contributed by atoms with Crippen molar-refractivity contribution in [3.05, 3.63) is 102 Å². The number of benzene rings is 1. The molecule has 0 aliphatic rings. The quantitative estimate of drug-likeness (QED) is 0.380. The molecule has 33 heavy (non-hydrogen) atoms. The molecule has 6 nitrogen and oxygen atoms in total. The minimum absolute atomic E-state index is 0.304. The molecule has 0 atom stereocenters. The molecule has 0 saturated carbocycles. The fourth-order valence-electron chi connectivity index (χ4n) is 3.35. The molecule has 166 valence electrons. The first-order chi connectivity index (χ1) is 16.1. The van der Waals surface area contributed by atoms with Gasteiger partial charge in [0.2, 0.25) is 6.41 Å². The van der Waals surface area contributed by atoms with E-state index in [4.69, 9.17) is 0 Å². The fraction of sp³-hybridized carbons (Fsp3) is 0.120. The average molecular weight is 445 g/mol. The number of carbonyl (C=O) groups is 1. The minimum atomic E-state index is -0.950. The first-order valence-electron chi connectivity index (χ1n) is 10.3. The number of nitrogens with zero attached hydrogens (tertiary/aromatic N) is 4. The second kappa shape index (κ2) is 10.4. The molecule has 1 aromatic carbocycles. The Morgan fingerprint density at radius 1 is 0.970 bits per heavy atom. The fourth-order valence-corrected chi connectivity index (χ4v) is 3.35. The second-order valence-electron chi connectivity index (χ2n) is 7.29. The van der Waals surface area contributed by atoms with Crippen LogP contribution in [0.1, 0.15) is 11.3 Å². The number of nitrogens with one attached hydrogen (secondary N) is 1. The largest absolute Gasteiger partial charge is 0.368 e. The van der Waals surface area contributed by atoms with Crippen molar-refractivity contribution in [3.63, 3.8) is 0 Å². The lowest BCUT2D eigenvalue weighted by Gasteiger charge is -2.21. The molecule has 0 radical (unpaired) electrons. The van der Waals surface area contributed by atoms with E-state index in [-0.39, 0.29) is 0 Å². The molecule has 0 aliphatic carbocycles. The van der Waals surface area contributed by atoms with E-state index in [0.29, 0.717) is 42.3 Å². The Labute approximate surface area is 190 Å². The van der Waals surface area contributed by atoms with E-state index in [1.165, 1.54) is 11.0 Å². The van der Waals surface area contributed by atoms with E-state index in [9.17, 15) is 13.6 Å². The number of hydrogen-bond donors (Lipinski definition) is 1. The Morgan fingerprint density at radius 3 is 2.61 bits per heavy atom. The molecule has 0 saturated heterocycles. The first kappa shape index (κ1) is 22.0. The summed E-state index contributed by atoms with van der Waals surface area (Å²) in [4.78, 5) is 26.5. The summed E-state index contributed by atoms with van der Waals surface area (Å²) in [6, 6.07) is 16.4. The van der Waals surface area contributed by atoms with Gasteiger partial charge in [-0.1, -0.05) is 12.1 Å². The predicted molar refractivity (Wildman–Crippen MR) is 123 cm³/mol. The summed E-state index contributed by atoms with van der Waals surface area (Å²) in [5.41, 5.74) is 3.20. The van der Waals surface area contributed by atoms with Gasteiger partial charge in [0.15, 0.2) is 17.5 Å². The van der Waals surface area contributed by atoms with Gasteiger partial charge < -0.3 is 10.2 Å². The molecule has 1 N–H and O–H groups in total. The monoisotopic (exact) mass is 445 g/mol. The molecule has 4 rings (SSSR count). The van der Waals surface area contributed by atoms with Crippen molar-refractivity contribution in [1.82, 2.24) is 15.0 Å². The highest BCUT2D eigenvalue weighted by Crippen LogP contribution is 2.29. The minimum Gasteiger partial charge on any atom is -0.368 e. The van der Waals surface area contributed by atoms with E-state index in [1.54, 1.807) is 36.8 Å². The maximum atomic E-state index is 13.8. The van der Waals surface area contributed by atoms with Crippen LogP contribution >= 0.6 is 0 Å². The van der Waals surface area contributed by atoms with E-state index in [2.05, 4.69) is 20.3 Å². The maximum absolute atomic E-state index is 13.8. The molecule has 0 aliphatic heterocycles. The van der Waals surface area contributed by atoms with E-state index < -0.39 is 11.6 Å². The molecule has 3 heterocycles. The van der Waals surface area contributed by atoms with Gasteiger partial charge in [-0.15, -0.1) is 0 Å². The van der Waals surface area contributed by atoms with Gasteiger partial charge in [-0.2, -0.15) is 0 Å². The second-order valence-corrected chi connectivity index (χ2v) is 7.29. The third-order valence-electron chi connectivity index (χ3n) is 5.00. The highest BCUT2D eigenvalue weighted by Gasteiger charge is 2.15. The number of aromatic nitrogens is 3. The van der Waals surface area contributed by atoms with Crippen LogP contribution in [0.2, 0.25) is 0 Å². The number of hydrogen-bond acceptors (Lipinski definition) is 5. The molecule has 0 fully saturated rings. The molecular weight excluding hydrogens is 424 g/mol. The van der Waals surface area contributed by atoms with Crippen molar-refractivity contribution >= 4 is 17.9 Å². The molecule has 0 bridgehead atoms. The Hall–Kier alpha value is -4.20. The van der Waals surface area contributed by atoms with Crippen molar-refractivity contribution in [2.24, 2.45) is 0 Å². The predicted octanol–water partition coefficient (Wildman–Crippen LogP) is 4.63. The summed E-state index contributed by atoms with van der Waals surface area (Å²) in [6.07, 6.45) is 6.45. The third-order valence-corrected chi connectivity index (χ3v) is 5.00. The number of carbonyl (C=O) groups excluding carboxylic acids is 1. The summed E-state index contributed by atoms with van der Waals surface area (Å²) in [6.45, 7) is 0.816. The number of amides is 1. The van der Waals surface area contributed by atoms with Gasteiger partial charge in [0.05, 0.1) is 17.9 Å². The zero-order chi connectivity index (χ0) is 23.0. The van der Waals surface area contributed by atoms with Crippen LogP contribution in [0.15, 0.2) is 79.3 Å². The Bertz CT molecular complexity index is 1220. The summed E-state index contributed by atoms with van der Waals surface area (Å²) in [7, 11) is 0. The molecule has 8 heteroatoms. The van der Waals surface area contributed by atoms with Crippen molar-refractivity contribution in [2.75, 3.05) is 16.8 Å². The summed E-state index contributed by atoms with van der Waals surface area (Å²) in [5.74, 6) is -1.43. The molecular formula is C25H21F2N5O. The highest BCUT2D eigenvalue weighted by molar-refractivity contribution is 5.83. The Morgan fingerprint density at radius 2 is 1.88 bits per heavy atom. The topological polar surface area (TPSA) is 71.0 Å². The van der Waals surface area contributed by atoms with Gasteiger partial charge in [0.25, 0.3) is 0 Å². The SMILES string of the molecule is O=CN(Cc1cccnc1)c1ccc(-c2ccc(F)c(F)c2)nc1NCCc1ccccn1. The number of anilines is 2. The van der Waals surface area contributed by atoms with Crippen LogP contribution in [-0.2, 0) is 17.8 Å². The lowest BCUT2D eigenvalue weighted by molar-refractivity contribution is -0.107. The van der Waals surface area contributed by atoms with Gasteiger partial charge >= 0.3 is 0 Å². The summed E-state index contributed by atoms with van der Waals surface area (Å²) < 4.78 is 27.2. The lowest BCUT2D eigenvalue weighted by atomic mass is 10.1. The van der Waals surface area contributed by atoms with Crippen molar-refractivity contribution in [3.8, 4) is 11.3 Å². The molecule has 1 amide bonds. The zero-order valence-corrected chi connectivity index (χ0v) is 17.7. The smallest absolute Gasteiger partial charge is 0.214 e. The molecule has 0 spiro atoms. The third kappa shape index (κ3) is 5.54. The van der Waals surface area contributed by atoms with Crippen LogP contribution in [0.25, 0.3) is 11.3 Å². The van der Waals surface area contributed by atoms with E-state index >= 15 is 0 Å². The summed E-state index contributed by atoms with van der Waals surface area (Å²) >= 11 is 0. The molecule has 4 aromatic rings. The normalized spacial score (nSPS) is 10.6. The molecule has 3 aromatic heterocycles. The highest BCUT2D eigenvalue weighted by atomic mass is 19.2. The van der Waals surface area contributed by atoms with Crippen LogP contribution in [0, 0.1) is 11.6 Å². The average Bonchev–Trinajstić information content (AvgIpc) is 2.86. The van der Waals surface area contributed by atoms with Crippen molar-refractivity contribution in [1.29, 1.82) is 0 Å². The standard InChI is InChI=1S/C25H21F2N5O/c26-21-7-6-19(14-22(21)27)23-8-9-24(32(17-33)16-18-4-3-11-28-15-18)25(31-23)30-13-10-20-5-1-2-12-29-20/h1-9,11-12,14-15,17H,10,13,16H2,(H,30,31). The zero-order valence-electron chi connectivity index (χ0n) is 17.7. The van der Waals surface area contributed by atoms with Crippen LogP contribution in [-0.4, -0.2) is 27.9 Å². The van der Waals surface area contributed by atoms with Crippen LogP contribution in [0.5, 0.6) is 0 Å². The Balaban J connectivity index is 1.64. The number of halogens is 2. The van der Waals surface area contributed by atoms with Crippen molar-refractivity contribution in [2.45, 2.75) is 13.0 Å². The lowest BCUT2D eigenvalue weighted by Crippen LogP contribution is -2.23. The summed E-state index contributed by atoms with van der Waals surface area (Å²) in [5, 5.41) is 3.26. The van der Waals surface area contributed by atoms with E-state index in [1.807, 2.05) is 24.3 Å². The van der Waals surface area contributed by atoms with Crippen LogP contribution in [0.4, 0.5) is 20.3 Å². The maximum Gasteiger partial charge on any atom is 0.214 e. The van der Waals surface area contributed by atoms with Gasteiger partial charge in [0.1, 0.15) is 0 Å². The van der Waals surface area contributed by atoms with Crippen LogP contribution in [0.3, 0.4) is 0 Å². The van der Waals surface area contributed by atoms with Gasteiger partial charge in [-0.25, -0.2) is 13.8 Å². The van der Waals surface area contributed by atoms with E-state index in [0.717, 1.165) is 29.8 Å². The van der Waals surface area contributed by atoms with Gasteiger partial charge in [-0.05, 0) is 54.1 Å². The van der Waals surface area contributed by atoms with Gasteiger partial charge in [-0.3, -0.25) is 14.8 Å². The van der Waals surface area contributed by atoms with Gasteiger partial charge in [0, 0.05) is 42.8 Å². The number of rotatable bonds is 9. The van der Waals surface area contributed by atoms with Crippen molar-refractivity contribution < 1.29 is 13.6 Å².